The van der Waals surface area contributed by atoms with E-state index in [1.54, 1.807) is 26.8 Å². The summed E-state index contributed by atoms with van der Waals surface area (Å²) >= 11 is 8.84. The van der Waals surface area contributed by atoms with Gasteiger partial charge in [0.25, 0.3) is 0 Å². The van der Waals surface area contributed by atoms with Gasteiger partial charge in [-0.05, 0) is 78.7 Å². The van der Waals surface area contributed by atoms with Crippen LogP contribution in [0, 0.1) is 0 Å². The number of hydrogen-bond acceptors (Lipinski definition) is 4. The van der Waals surface area contributed by atoms with Gasteiger partial charge in [0.15, 0.2) is 5.11 Å². The van der Waals surface area contributed by atoms with Crippen LogP contribution >= 0.6 is 28.1 Å². The van der Waals surface area contributed by atoms with Crippen LogP contribution in [-0.2, 0) is 23.9 Å². The summed E-state index contributed by atoms with van der Waals surface area (Å²) in [4.78, 5) is 12.0. The van der Waals surface area contributed by atoms with Gasteiger partial charge in [0.1, 0.15) is 11.4 Å². The Morgan fingerprint density at radius 2 is 1.91 bits per heavy atom. The summed E-state index contributed by atoms with van der Waals surface area (Å²) in [6.45, 7) is 5.62. The van der Waals surface area contributed by atoms with E-state index in [2.05, 4.69) is 31.9 Å². The van der Waals surface area contributed by atoms with E-state index < -0.39 is 23.4 Å². The lowest BCUT2D eigenvalue weighted by atomic mass is 10.1. The molecule has 33 heavy (non-hydrogen) atoms. The molecule has 0 spiro atoms. The average molecular weight is 546 g/mol. The zero-order valence-electron chi connectivity index (χ0n) is 18.2. The van der Waals surface area contributed by atoms with Crippen molar-refractivity contribution in [3.8, 4) is 5.75 Å². The monoisotopic (exact) mass is 545 g/mol. The first-order chi connectivity index (χ1) is 15.3. The standard InChI is InChI=1S/C22H23BrF3N3O3S/c1-21(2,3)32-20(30)27-11-12-4-5-13(22(24,25)26)10-16(12)28-19(33)29-18-14-8-9-31-17(14)7-6-15(18)23/h4-7,10H,8-9,11H2,1-3H3,(H,27,30)(H2,28,29,33). The van der Waals surface area contributed by atoms with Crippen molar-refractivity contribution in [2.45, 2.75) is 45.5 Å². The second-order valence-corrected chi connectivity index (χ2v) is 9.56. The number of alkyl carbamates (subject to hydrolysis) is 1. The third-order valence-electron chi connectivity index (χ3n) is 4.57. The van der Waals surface area contributed by atoms with Crippen LogP contribution in [0.25, 0.3) is 0 Å². The number of carbonyl (C=O) groups excluding carboxylic acids is 1. The molecule has 11 heteroatoms. The van der Waals surface area contributed by atoms with E-state index in [0.717, 1.165) is 27.9 Å². The molecule has 1 amide bonds. The number of carbonyl (C=O) groups is 1. The molecule has 3 N–H and O–H groups in total. The number of halogens is 4. The molecule has 0 aliphatic carbocycles. The van der Waals surface area contributed by atoms with Crippen molar-refractivity contribution < 1.29 is 27.4 Å². The number of fused-ring (bicyclic) bond motifs is 1. The van der Waals surface area contributed by atoms with Gasteiger partial charge < -0.3 is 25.4 Å². The molecule has 3 rings (SSSR count). The van der Waals surface area contributed by atoms with Crippen LogP contribution in [0.1, 0.15) is 37.5 Å². The lowest BCUT2D eigenvalue weighted by Gasteiger charge is -2.21. The SMILES string of the molecule is CC(C)(C)OC(=O)NCc1ccc(C(F)(F)F)cc1NC(=S)Nc1c(Br)ccc2c1CCO2. The van der Waals surface area contributed by atoms with E-state index in [0.29, 0.717) is 24.3 Å². The second kappa shape index (κ2) is 9.76. The smallest absolute Gasteiger partial charge is 0.416 e. The van der Waals surface area contributed by atoms with Gasteiger partial charge in [-0.15, -0.1) is 0 Å². The number of thiocarbonyl (C=S) groups is 1. The van der Waals surface area contributed by atoms with Crippen molar-refractivity contribution in [2.24, 2.45) is 0 Å². The van der Waals surface area contributed by atoms with Crippen LogP contribution in [0.3, 0.4) is 0 Å². The molecule has 178 valence electrons. The summed E-state index contributed by atoms with van der Waals surface area (Å²) in [5.41, 5.74) is 0.567. The van der Waals surface area contributed by atoms with Gasteiger partial charge in [0.2, 0.25) is 0 Å². The minimum absolute atomic E-state index is 0.0593. The molecule has 0 bridgehead atoms. The fraction of sp³-hybridized carbons (Fsp3) is 0.364. The van der Waals surface area contributed by atoms with Gasteiger partial charge in [0.05, 0.1) is 17.9 Å². The maximum absolute atomic E-state index is 13.3. The van der Waals surface area contributed by atoms with Gasteiger partial charge >= 0.3 is 12.3 Å². The lowest BCUT2D eigenvalue weighted by Crippen LogP contribution is -2.32. The number of rotatable bonds is 4. The van der Waals surface area contributed by atoms with Crippen LogP contribution in [-0.4, -0.2) is 23.4 Å². The van der Waals surface area contributed by atoms with Crippen molar-refractivity contribution in [3.05, 3.63) is 51.5 Å². The minimum atomic E-state index is -4.54. The van der Waals surface area contributed by atoms with Crippen LogP contribution in [0.2, 0.25) is 0 Å². The Bertz CT molecular complexity index is 1070. The number of benzene rings is 2. The molecule has 0 unspecified atom stereocenters. The Morgan fingerprint density at radius 3 is 2.58 bits per heavy atom. The fourth-order valence-electron chi connectivity index (χ4n) is 3.15. The van der Waals surface area contributed by atoms with Crippen LogP contribution < -0.4 is 20.7 Å². The number of amides is 1. The minimum Gasteiger partial charge on any atom is -0.493 e. The Labute approximate surface area is 203 Å². The molecule has 2 aromatic rings. The summed E-state index contributed by atoms with van der Waals surface area (Å²) in [6.07, 6.45) is -4.55. The predicted octanol–water partition coefficient (Wildman–Crippen LogP) is 6.24. The highest BCUT2D eigenvalue weighted by Gasteiger charge is 2.31. The highest BCUT2D eigenvalue weighted by molar-refractivity contribution is 9.10. The van der Waals surface area contributed by atoms with E-state index in [-0.39, 0.29) is 17.3 Å². The van der Waals surface area contributed by atoms with Crippen molar-refractivity contribution in [2.75, 3.05) is 17.2 Å². The first-order valence-electron chi connectivity index (χ1n) is 10.0. The highest BCUT2D eigenvalue weighted by Crippen LogP contribution is 2.37. The van der Waals surface area contributed by atoms with E-state index >= 15 is 0 Å². The number of alkyl halides is 3. The van der Waals surface area contributed by atoms with Gasteiger partial charge in [-0.3, -0.25) is 0 Å². The quantitative estimate of drug-likeness (QED) is 0.395. The van der Waals surface area contributed by atoms with Crippen molar-refractivity contribution >= 4 is 50.7 Å². The molecule has 6 nitrogen and oxygen atoms in total. The number of nitrogens with one attached hydrogen (secondary N) is 3. The average Bonchev–Trinajstić information content (AvgIpc) is 3.16. The Morgan fingerprint density at radius 1 is 1.18 bits per heavy atom. The normalized spacial score (nSPS) is 13.1. The maximum atomic E-state index is 13.3. The maximum Gasteiger partial charge on any atom is 0.416 e. The fourth-order valence-corrected chi connectivity index (χ4v) is 3.84. The van der Waals surface area contributed by atoms with Gasteiger partial charge in [-0.25, -0.2) is 4.79 Å². The Balaban J connectivity index is 1.80. The van der Waals surface area contributed by atoms with Crippen LogP contribution in [0.5, 0.6) is 5.75 Å². The van der Waals surface area contributed by atoms with Crippen molar-refractivity contribution in [1.29, 1.82) is 0 Å². The Kier molecular flexibility index (Phi) is 7.42. The van der Waals surface area contributed by atoms with Gasteiger partial charge in [-0.1, -0.05) is 6.07 Å². The molecule has 1 heterocycles. The lowest BCUT2D eigenvalue weighted by molar-refractivity contribution is -0.137. The van der Waals surface area contributed by atoms with Gasteiger partial charge in [-0.2, -0.15) is 13.2 Å². The molecule has 2 aromatic carbocycles. The highest BCUT2D eigenvalue weighted by atomic mass is 79.9. The number of hydrogen-bond donors (Lipinski definition) is 3. The van der Waals surface area contributed by atoms with E-state index in [4.69, 9.17) is 21.7 Å². The third-order valence-corrected chi connectivity index (χ3v) is 5.44. The summed E-state index contributed by atoms with van der Waals surface area (Å²) in [5.74, 6) is 0.727. The van der Waals surface area contributed by atoms with E-state index in [1.807, 2.05) is 6.07 Å². The van der Waals surface area contributed by atoms with Gasteiger partial charge in [0, 0.05) is 28.7 Å². The molecule has 0 saturated heterocycles. The topological polar surface area (TPSA) is 71.6 Å². The third kappa shape index (κ3) is 6.73. The number of ether oxygens (including phenoxy) is 2. The number of anilines is 2. The Hall–Kier alpha value is -2.53. The molecule has 0 saturated carbocycles. The molecule has 0 fully saturated rings. The summed E-state index contributed by atoms with van der Waals surface area (Å²) < 4.78 is 51.4. The molecule has 1 aliphatic heterocycles. The summed E-state index contributed by atoms with van der Waals surface area (Å²) in [5, 5.41) is 8.51. The van der Waals surface area contributed by atoms with E-state index in [1.165, 1.54) is 6.07 Å². The second-order valence-electron chi connectivity index (χ2n) is 8.30. The molecular weight excluding hydrogens is 523 g/mol. The zero-order valence-corrected chi connectivity index (χ0v) is 20.6. The molecule has 0 atom stereocenters. The summed E-state index contributed by atoms with van der Waals surface area (Å²) in [7, 11) is 0. The molecular formula is C22H23BrF3N3O3S. The summed E-state index contributed by atoms with van der Waals surface area (Å²) in [6, 6.07) is 6.82. The predicted molar refractivity (Wildman–Crippen MR) is 128 cm³/mol. The van der Waals surface area contributed by atoms with Crippen molar-refractivity contribution in [1.82, 2.24) is 5.32 Å². The zero-order chi connectivity index (χ0) is 24.4. The van der Waals surface area contributed by atoms with Crippen LogP contribution in [0.15, 0.2) is 34.8 Å². The largest absolute Gasteiger partial charge is 0.493 e. The van der Waals surface area contributed by atoms with Crippen molar-refractivity contribution in [3.63, 3.8) is 0 Å². The molecule has 1 aliphatic rings. The molecule has 0 aromatic heterocycles. The van der Waals surface area contributed by atoms with Crippen LogP contribution in [0.4, 0.5) is 29.3 Å². The first kappa shape index (κ1) is 25.1. The van der Waals surface area contributed by atoms with E-state index in [9.17, 15) is 18.0 Å². The molecule has 0 radical (unpaired) electrons. The first-order valence-corrected chi connectivity index (χ1v) is 11.2.